The first-order valence-electron chi connectivity index (χ1n) is 9.17. The minimum atomic E-state index is -0.642. The summed E-state index contributed by atoms with van der Waals surface area (Å²) >= 11 is 0. The maximum absolute atomic E-state index is 13.2. The SMILES string of the molecule is CCOC(=O)c1cc2c(=O)n3cccc(C)c3nc2n(Cc2ccncc2)c1=N. The molecule has 0 saturated heterocycles. The number of nitrogens with zero attached hydrogens (tertiary/aromatic N) is 4. The first kappa shape index (κ1) is 18.5. The molecule has 0 aliphatic carbocycles. The molecule has 0 aliphatic heterocycles. The predicted molar refractivity (Wildman–Crippen MR) is 107 cm³/mol. The van der Waals surface area contributed by atoms with Gasteiger partial charge in [0.15, 0.2) is 0 Å². The summed E-state index contributed by atoms with van der Waals surface area (Å²) in [5.74, 6) is -0.642. The summed E-state index contributed by atoms with van der Waals surface area (Å²) in [5, 5.41) is 8.87. The van der Waals surface area contributed by atoms with Gasteiger partial charge in [0, 0.05) is 18.6 Å². The molecule has 0 aromatic carbocycles. The van der Waals surface area contributed by atoms with Crippen LogP contribution in [0.15, 0.2) is 53.7 Å². The Labute approximate surface area is 165 Å². The van der Waals surface area contributed by atoms with Gasteiger partial charge < -0.3 is 9.30 Å². The van der Waals surface area contributed by atoms with Gasteiger partial charge in [-0.2, -0.15) is 0 Å². The van der Waals surface area contributed by atoms with Gasteiger partial charge in [-0.15, -0.1) is 0 Å². The molecule has 0 fully saturated rings. The Kier molecular flexibility index (Phi) is 4.67. The molecular formula is C21H19N5O3. The molecule has 4 aromatic rings. The van der Waals surface area contributed by atoms with E-state index in [4.69, 9.17) is 10.1 Å². The van der Waals surface area contributed by atoms with Crippen molar-refractivity contribution in [3.8, 4) is 0 Å². The Morgan fingerprint density at radius 1 is 1.21 bits per heavy atom. The molecule has 8 nitrogen and oxygen atoms in total. The van der Waals surface area contributed by atoms with Crippen molar-refractivity contribution < 1.29 is 9.53 Å². The van der Waals surface area contributed by atoms with Gasteiger partial charge in [-0.05, 0) is 49.2 Å². The Hall–Kier alpha value is -3.81. The van der Waals surface area contributed by atoms with Crippen LogP contribution in [0.4, 0.5) is 0 Å². The van der Waals surface area contributed by atoms with E-state index >= 15 is 0 Å². The van der Waals surface area contributed by atoms with Gasteiger partial charge in [0.1, 0.15) is 22.3 Å². The van der Waals surface area contributed by atoms with E-state index in [0.29, 0.717) is 11.3 Å². The van der Waals surface area contributed by atoms with E-state index in [1.807, 2.05) is 25.1 Å². The number of carbonyl (C=O) groups excluding carboxylic acids is 1. The fraction of sp³-hybridized carbons (Fsp3) is 0.190. The lowest BCUT2D eigenvalue weighted by molar-refractivity contribution is 0.0523. The third-order valence-electron chi connectivity index (χ3n) is 4.72. The van der Waals surface area contributed by atoms with Gasteiger partial charge in [-0.3, -0.25) is 19.6 Å². The number of hydrogen-bond donors (Lipinski definition) is 1. The van der Waals surface area contributed by atoms with Crippen LogP contribution in [-0.4, -0.2) is 31.5 Å². The summed E-state index contributed by atoms with van der Waals surface area (Å²) in [4.78, 5) is 34.3. The molecule has 4 heterocycles. The van der Waals surface area contributed by atoms with E-state index < -0.39 is 5.97 Å². The van der Waals surface area contributed by atoms with Gasteiger partial charge in [0.05, 0.1) is 18.5 Å². The van der Waals surface area contributed by atoms with Gasteiger partial charge >= 0.3 is 5.97 Å². The van der Waals surface area contributed by atoms with Crippen molar-refractivity contribution in [1.82, 2.24) is 18.9 Å². The Morgan fingerprint density at radius 2 is 1.97 bits per heavy atom. The second kappa shape index (κ2) is 7.31. The molecule has 0 spiro atoms. The summed E-state index contributed by atoms with van der Waals surface area (Å²) in [7, 11) is 0. The van der Waals surface area contributed by atoms with Crippen LogP contribution in [0.1, 0.15) is 28.4 Å². The van der Waals surface area contributed by atoms with Crippen molar-refractivity contribution in [1.29, 1.82) is 5.41 Å². The summed E-state index contributed by atoms with van der Waals surface area (Å²) in [6.45, 7) is 4.00. The van der Waals surface area contributed by atoms with Crippen LogP contribution in [0, 0.1) is 12.3 Å². The maximum atomic E-state index is 13.2. The van der Waals surface area contributed by atoms with Crippen LogP contribution >= 0.6 is 0 Å². The normalized spacial score (nSPS) is 11.1. The third-order valence-corrected chi connectivity index (χ3v) is 4.72. The first-order valence-corrected chi connectivity index (χ1v) is 9.17. The lowest BCUT2D eigenvalue weighted by Crippen LogP contribution is -2.31. The highest BCUT2D eigenvalue weighted by molar-refractivity contribution is 5.93. The molecule has 8 heteroatoms. The minimum absolute atomic E-state index is 0.0277. The monoisotopic (exact) mass is 389 g/mol. The number of carbonyl (C=O) groups is 1. The van der Waals surface area contributed by atoms with Gasteiger partial charge in [-0.1, -0.05) is 6.07 Å². The van der Waals surface area contributed by atoms with Gasteiger partial charge in [0.2, 0.25) is 0 Å². The maximum Gasteiger partial charge on any atom is 0.341 e. The molecule has 0 bridgehead atoms. The van der Waals surface area contributed by atoms with Crippen molar-refractivity contribution in [2.45, 2.75) is 20.4 Å². The summed E-state index contributed by atoms with van der Waals surface area (Å²) in [6.07, 6.45) is 4.94. The highest BCUT2D eigenvalue weighted by Gasteiger charge is 2.18. The molecule has 4 aromatic heterocycles. The number of pyridine rings is 3. The molecule has 0 saturated carbocycles. The number of nitrogens with one attached hydrogen (secondary N) is 1. The number of hydrogen-bond acceptors (Lipinski definition) is 6. The Morgan fingerprint density at radius 3 is 2.69 bits per heavy atom. The second-order valence-corrected chi connectivity index (χ2v) is 6.61. The van der Waals surface area contributed by atoms with E-state index in [0.717, 1.165) is 11.1 Å². The Bertz CT molecular complexity index is 1360. The van der Waals surface area contributed by atoms with Crippen LogP contribution in [0.3, 0.4) is 0 Å². The summed E-state index contributed by atoms with van der Waals surface area (Å²) in [5.41, 5.74) is 2.23. The third kappa shape index (κ3) is 3.18. The quantitative estimate of drug-likeness (QED) is 0.425. The highest BCUT2D eigenvalue weighted by atomic mass is 16.5. The molecular weight excluding hydrogens is 370 g/mol. The van der Waals surface area contributed by atoms with Crippen molar-refractivity contribution in [2.75, 3.05) is 6.61 Å². The fourth-order valence-electron chi connectivity index (χ4n) is 3.29. The average Bonchev–Trinajstić information content (AvgIpc) is 2.72. The summed E-state index contributed by atoms with van der Waals surface area (Å²) in [6, 6.07) is 8.68. The number of esters is 1. The van der Waals surface area contributed by atoms with E-state index in [1.165, 1.54) is 10.5 Å². The van der Waals surface area contributed by atoms with E-state index in [2.05, 4.69) is 9.97 Å². The van der Waals surface area contributed by atoms with Crippen molar-refractivity contribution in [2.24, 2.45) is 0 Å². The molecule has 0 aliphatic rings. The number of fused-ring (bicyclic) bond motifs is 2. The van der Waals surface area contributed by atoms with Crippen LogP contribution in [-0.2, 0) is 11.3 Å². The molecule has 1 N–H and O–H groups in total. The topological polar surface area (TPSA) is 102 Å². The molecule has 0 radical (unpaired) electrons. The molecule has 146 valence electrons. The summed E-state index contributed by atoms with van der Waals surface area (Å²) < 4.78 is 8.11. The van der Waals surface area contributed by atoms with Crippen LogP contribution < -0.4 is 11.0 Å². The standard InChI is InChI=1S/C21H19N5O3/c1-3-29-21(28)15-11-16-19(24-18-13(2)5-4-10-25(18)20(16)27)26(17(15)22)12-14-6-8-23-9-7-14/h4-11,22H,3,12H2,1-2H3. The van der Waals surface area contributed by atoms with Crippen LogP contribution in [0.2, 0.25) is 0 Å². The number of ether oxygens (including phenoxy) is 1. The average molecular weight is 389 g/mol. The Balaban J connectivity index is 2.11. The minimum Gasteiger partial charge on any atom is -0.462 e. The predicted octanol–water partition coefficient (Wildman–Crippen LogP) is 2.06. The smallest absolute Gasteiger partial charge is 0.341 e. The molecule has 29 heavy (non-hydrogen) atoms. The van der Waals surface area contributed by atoms with Gasteiger partial charge in [-0.25, -0.2) is 9.78 Å². The van der Waals surface area contributed by atoms with Gasteiger partial charge in [0.25, 0.3) is 5.56 Å². The second-order valence-electron chi connectivity index (χ2n) is 6.61. The molecule has 0 amide bonds. The molecule has 0 unspecified atom stereocenters. The van der Waals surface area contributed by atoms with Crippen LogP contribution in [0.25, 0.3) is 16.7 Å². The largest absolute Gasteiger partial charge is 0.462 e. The fourth-order valence-corrected chi connectivity index (χ4v) is 3.29. The van der Waals surface area contributed by atoms with E-state index in [9.17, 15) is 9.59 Å². The van der Waals surface area contributed by atoms with E-state index in [1.54, 1.807) is 36.1 Å². The number of aryl methyl sites for hydroxylation is 1. The van der Waals surface area contributed by atoms with Crippen LogP contribution in [0.5, 0.6) is 0 Å². The zero-order valence-electron chi connectivity index (χ0n) is 16.0. The number of rotatable bonds is 4. The molecule has 0 atom stereocenters. The van der Waals surface area contributed by atoms with Crippen molar-refractivity contribution in [3.63, 3.8) is 0 Å². The lowest BCUT2D eigenvalue weighted by Gasteiger charge is -2.15. The zero-order chi connectivity index (χ0) is 20.5. The lowest BCUT2D eigenvalue weighted by atomic mass is 10.2. The highest BCUT2D eigenvalue weighted by Crippen LogP contribution is 2.14. The number of aromatic nitrogens is 4. The van der Waals surface area contributed by atoms with Crippen molar-refractivity contribution in [3.05, 3.63) is 81.5 Å². The zero-order valence-corrected chi connectivity index (χ0v) is 16.0. The van der Waals surface area contributed by atoms with Crippen molar-refractivity contribution >= 4 is 22.6 Å². The molecule has 4 rings (SSSR count). The first-order chi connectivity index (χ1) is 14.0. The van der Waals surface area contributed by atoms with E-state index in [-0.39, 0.29) is 35.1 Å².